The van der Waals surface area contributed by atoms with E-state index in [-0.39, 0.29) is 11.8 Å². The van der Waals surface area contributed by atoms with Gasteiger partial charge in [-0.1, -0.05) is 0 Å². The summed E-state index contributed by atoms with van der Waals surface area (Å²) in [5.41, 5.74) is 0. The first kappa shape index (κ1) is 11.9. The van der Waals surface area contributed by atoms with E-state index in [9.17, 15) is 8.42 Å². The Morgan fingerprint density at radius 1 is 1.33 bits per heavy atom. The van der Waals surface area contributed by atoms with Crippen LogP contribution in [0.15, 0.2) is 0 Å². The second kappa shape index (κ2) is 5.50. The quantitative estimate of drug-likeness (QED) is 0.582. The van der Waals surface area contributed by atoms with Crippen LogP contribution in [0.1, 0.15) is 20.3 Å². The highest BCUT2D eigenvalue weighted by Gasteiger charge is 2.10. The maximum atomic E-state index is 11.2. The zero-order valence-electron chi connectivity index (χ0n) is 7.92. The lowest BCUT2D eigenvalue weighted by Gasteiger charge is -2.08. The van der Waals surface area contributed by atoms with Crippen LogP contribution in [0, 0.1) is 0 Å². The summed E-state index contributed by atoms with van der Waals surface area (Å²) in [6, 6.07) is -0.00964. The second-order valence-electron chi connectivity index (χ2n) is 3.05. The fourth-order valence-electron chi connectivity index (χ4n) is 0.857. The largest absolute Gasteiger partial charge is 0.320 e. The van der Waals surface area contributed by atoms with Crippen molar-refractivity contribution in [3.05, 3.63) is 0 Å². The highest BCUT2D eigenvalue weighted by molar-refractivity contribution is 7.89. The van der Waals surface area contributed by atoms with Crippen molar-refractivity contribution in [2.24, 2.45) is 0 Å². The molecule has 0 heterocycles. The van der Waals surface area contributed by atoms with Gasteiger partial charge in [0, 0.05) is 6.04 Å². The zero-order chi connectivity index (χ0) is 9.61. The molecule has 0 aliphatic heterocycles. The van der Waals surface area contributed by atoms with Gasteiger partial charge in [0.25, 0.3) is 0 Å². The van der Waals surface area contributed by atoms with E-state index in [1.165, 1.54) is 0 Å². The summed E-state index contributed by atoms with van der Waals surface area (Å²) in [6.45, 7) is 4.37. The standard InChI is InChI=1S/C7H18N2O2S/c1-7(2)9-12(10,11)6-4-5-8-3/h7-9H,4-6H2,1-3H3. The van der Waals surface area contributed by atoms with Crippen molar-refractivity contribution in [3.63, 3.8) is 0 Å². The van der Waals surface area contributed by atoms with Crippen LogP contribution in [-0.2, 0) is 10.0 Å². The minimum absolute atomic E-state index is 0.00964. The zero-order valence-corrected chi connectivity index (χ0v) is 8.74. The van der Waals surface area contributed by atoms with E-state index in [0.717, 1.165) is 6.54 Å². The molecule has 74 valence electrons. The van der Waals surface area contributed by atoms with Crippen LogP contribution in [-0.4, -0.2) is 33.8 Å². The maximum Gasteiger partial charge on any atom is 0.211 e. The Balaban J connectivity index is 3.73. The summed E-state index contributed by atoms with van der Waals surface area (Å²) < 4.78 is 24.9. The van der Waals surface area contributed by atoms with Crippen molar-refractivity contribution >= 4 is 10.0 Å². The lowest BCUT2D eigenvalue weighted by atomic mass is 10.4. The van der Waals surface area contributed by atoms with Gasteiger partial charge in [0.05, 0.1) is 5.75 Å². The van der Waals surface area contributed by atoms with Crippen molar-refractivity contribution in [2.75, 3.05) is 19.3 Å². The predicted molar refractivity (Wildman–Crippen MR) is 50.6 cm³/mol. The Hall–Kier alpha value is -0.130. The summed E-state index contributed by atoms with van der Waals surface area (Å²) in [6.07, 6.45) is 0.651. The lowest BCUT2D eigenvalue weighted by molar-refractivity contribution is 0.566. The Morgan fingerprint density at radius 2 is 1.92 bits per heavy atom. The topological polar surface area (TPSA) is 58.2 Å². The molecule has 5 heteroatoms. The predicted octanol–water partition coefficient (Wildman–Crippen LogP) is -0.0763. The van der Waals surface area contributed by atoms with Crippen molar-refractivity contribution in [3.8, 4) is 0 Å². The first-order valence-electron chi connectivity index (χ1n) is 4.12. The molecule has 0 bridgehead atoms. The Morgan fingerprint density at radius 3 is 2.33 bits per heavy atom. The van der Waals surface area contributed by atoms with E-state index in [2.05, 4.69) is 10.0 Å². The molecule has 0 saturated carbocycles. The van der Waals surface area contributed by atoms with Gasteiger partial charge in [-0.15, -0.1) is 0 Å². The average Bonchev–Trinajstić information content (AvgIpc) is 1.84. The number of nitrogens with one attached hydrogen (secondary N) is 2. The highest BCUT2D eigenvalue weighted by atomic mass is 32.2. The molecule has 0 aromatic carbocycles. The van der Waals surface area contributed by atoms with Crippen LogP contribution in [0.4, 0.5) is 0 Å². The normalized spacial score (nSPS) is 12.3. The SMILES string of the molecule is CNCCCS(=O)(=O)NC(C)C. The third kappa shape index (κ3) is 6.57. The van der Waals surface area contributed by atoms with Crippen LogP contribution in [0.2, 0.25) is 0 Å². The summed E-state index contributed by atoms with van der Waals surface area (Å²) in [5.74, 6) is 0.200. The van der Waals surface area contributed by atoms with Gasteiger partial charge in [-0.2, -0.15) is 0 Å². The number of sulfonamides is 1. The van der Waals surface area contributed by atoms with Crippen molar-refractivity contribution in [2.45, 2.75) is 26.3 Å². The molecule has 0 rings (SSSR count). The Kier molecular flexibility index (Phi) is 5.44. The first-order valence-corrected chi connectivity index (χ1v) is 5.78. The summed E-state index contributed by atoms with van der Waals surface area (Å²) in [4.78, 5) is 0. The molecule has 0 radical (unpaired) electrons. The molecule has 0 spiro atoms. The molecular weight excluding hydrogens is 176 g/mol. The smallest absolute Gasteiger partial charge is 0.211 e. The molecule has 0 saturated heterocycles. The van der Waals surface area contributed by atoms with Gasteiger partial charge in [0.15, 0.2) is 0 Å². The summed E-state index contributed by atoms with van der Waals surface area (Å²) in [5, 5.41) is 2.90. The fraction of sp³-hybridized carbons (Fsp3) is 1.00. The van der Waals surface area contributed by atoms with Crippen LogP contribution >= 0.6 is 0 Å². The molecule has 0 atom stereocenters. The second-order valence-corrected chi connectivity index (χ2v) is 4.92. The highest BCUT2D eigenvalue weighted by Crippen LogP contribution is 1.90. The van der Waals surface area contributed by atoms with Crippen molar-refractivity contribution in [1.82, 2.24) is 10.0 Å². The third-order valence-corrected chi connectivity index (χ3v) is 2.91. The molecule has 12 heavy (non-hydrogen) atoms. The van der Waals surface area contributed by atoms with Crippen LogP contribution in [0.25, 0.3) is 0 Å². The lowest BCUT2D eigenvalue weighted by Crippen LogP contribution is -2.33. The molecule has 0 amide bonds. The number of hydrogen-bond donors (Lipinski definition) is 2. The van der Waals surface area contributed by atoms with Gasteiger partial charge in [-0.25, -0.2) is 13.1 Å². The first-order chi connectivity index (χ1) is 5.48. The molecule has 0 aliphatic carbocycles. The molecule has 0 fully saturated rings. The van der Waals surface area contributed by atoms with Gasteiger partial charge >= 0.3 is 0 Å². The Bertz CT molecular complexity index is 199. The number of hydrogen-bond acceptors (Lipinski definition) is 3. The minimum Gasteiger partial charge on any atom is -0.320 e. The number of rotatable bonds is 6. The van der Waals surface area contributed by atoms with Crippen molar-refractivity contribution < 1.29 is 8.42 Å². The van der Waals surface area contributed by atoms with Crippen LogP contribution < -0.4 is 10.0 Å². The van der Waals surface area contributed by atoms with Crippen LogP contribution in [0.5, 0.6) is 0 Å². The molecular formula is C7H18N2O2S. The fourth-order valence-corrected chi connectivity index (χ4v) is 2.22. The van der Waals surface area contributed by atoms with Crippen molar-refractivity contribution in [1.29, 1.82) is 0 Å². The summed E-state index contributed by atoms with van der Waals surface area (Å²) in [7, 11) is -1.24. The summed E-state index contributed by atoms with van der Waals surface area (Å²) >= 11 is 0. The molecule has 0 unspecified atom stereocenters. The molecule has 2 N–H and O–H groups in total. The van der Waals surface area contributed by atoms with E-state index in [4.69, 9.17) is 0 Å². The third-order valence-electron chi connectivity index (χ3n) is 1.26. The average molecular weight is 194 g/mol. The molecule has 4 nitrogen and oxygen atoms in total. The molecule has 0 aromatic rings. The van der Waals surface area contributed by atoms with Crippen LogP contribution in [0.3, 0.4) is 0 Å². The van der Waals surface area contributed by atoms with Gasteiger partial charge in [0.2, 0.25) is 10.0 Å². The Labute approximate surface area is 74.8 Å². The molecule has 0 aromatic heterocycles. The van der Waals surface area contributed by atoms with Gasteiger partial charge < -0.3 is 5.32 Å². The monoisotopic (exact) mass is 194 g/mol. The van der Waals surface area contributed by atoms with E-state index >= 15 is 0 Å². The van der Waals surface area contributed by atoms with Gasteiger partial charge in [-0.3, -0.25) is 0 Å². The van der Waals surface area contributed by atoms with Gasteiger partial charge in [-0.05, 0) is 33.9 Å². The van der Waals surface area contributed by atoms with E-state index in [0.29, 0.717) is 6.42 Å². The van der Waals surface area contributed by atoms with E-state index < -0.39 is 10.0 Å². The van der Waals surface area contributed by atoms with Gasteiger partial charge in [0.1, 0.15) is 0 Å². The van der Waals surface area contributed by atoms with E-state index in [1.54, 1.807) is 0 Å². The molecule has 0 aliphatic rings. The maximum absolute atomic E-state index is 11.2. The van der Waals surface area contributed by atoms with E-state index in [1.807, 2.05) is 20.9 Å². The minimum atomic E-state index is -3.04.